The van der Waals surface area contributed by atoms with Crippen molar-refractivity contribution in [2.24, 2.45) is 5.92 Å². The summed E-state index contributed by atoms with van der Waals surface area (Å²) < 4.78 is 11.9. The fraction of sp³-hybridized carbons (Fsp3) is 0.167. The highest BCUT2D eigenvalue weighted by atomic mass is 16.7. The van der Waals surface area contributed by atoms with Crippen molar-refractivity contribution in [2.75, 3.05) is 14.2 Å². The van der Waals surface area contributed by atoms with Gasteiger partial charge in [0.25, 0.3) is 0 Å². The Morgan fingerprint density at radius 3 is 2.35 bits per heavy atom. The average Bonchev–Trinajstić information content (AvgIpc) is 2.71. The van der Waals surface area contributed by atoms with E-state index in [-0.39, 0.29) is 5.92 Å². The lowest BCUT2D eigenvalue weighted by molar-refractivity contribution is -0.172. The van der Waals surface area contributed by atoms with Crippen LogP contribution in [0.3, 0.4) is 0 Å². The average molecular weight is 340 g/mol. The molecule has 0 saturated heterocycles. The molecule has 0 saturated carbocycles. The van der Waals surface area contributed by atoms with E-state index in [1.54, 1.807) is 14.2 Å². The Labute approximate surface area is 153 Å². The maximum absolute atomic E-state index is 5.97. The minimum absolute atomic E-state index is 0.332. The highest BCUT2D eigenvalue weighted by Crippen LogP contribution is 2.39. The van der Waals surface area contributed by atoms with E-state index in [1.807, 2.05) is 24.3 Å². The molecule has 26 heavy (non-hydrogen) atoms. The van der Waals surface area contributed by atoms with E-state index in [0.717, 1.165) is 27.0 Å². The minimum atomic E-state index is -1.03. The van der Waals surface area contributed by atoms with Crippen LogP contribution in [-0.2, 0) is 9.47 Å². The first kappa shape index (κ1) is 16.6. The van der Waals surface area contributed by atoms with Crippen molar-refractivity contribution in [1.82, 2.24) is 0 Å². The lowest BCUT2D eigenvalue weighted by Crippen LogP contribution is -2.51. The molecule has 128 valence electrons. The highest BCUT2D eigenvalue weighted by molar-refractivity contribution is 5.95. The molecule has 2 heteroatoms. The van der Waals surface area contributed by atoms with Crippen LogP contribution in [0.5, 0.6) is 0 Å². The van der Waals surface area contributed by atoms with Crippen molar-refractivity contribution in [3.05, 3.63) is 82.7 Å². The monoisotopic (exact) mass is 340 g/mol. The van der Waals surface area contributed by atoms with E-state index in [2.05, 4.69) is 54.5 Å². The van der Waals surface area contributed by atoms with Gasteiger partial charge in [0.15, 0.2) is 0 Å². The molecule has 1 unspecified atom stereocenters. The molecule has 1 aliphatic carbocycles. The molecular weight excluding hydrogens is 320 g/mol. The smallest absolute Gasteiger partial charge is 0.213 e. The van der Waals surface area contributed by atoms with Gasteiger partial charge in [0.2, 0.25) is 5.79 Å². The van der Waals surface area contributed by atoms with Crippen molar-refractivity contribution in [2.45, 2.75) is 5.79 Å². The molecule has 3 aromatic carbocycles. The van der Waals surface area contributed by atoms with Gasteiger partial charge in [-0.2, -0.15) is 0 Å². The number of methoxy groups -OCH3 is 2. The Balaban J connectivity index is 2.21. The highest BCUT2D eigenvalue weighted by Gasteiger charge is 2.44. The number of terminal acetylenes is 1. The molecular formula is C24H20O2. The van der Waals surface area contributed by atoms with Crippen LogP contribution in [0, 0.1) is 18.3 Å². The minimum Gasteiger partial charge on any atom is -0.348 e. The second kappa shape index (κ2) is 6.46. The summed E-state index contributed by atoms with van der Waals surface area (Å²) in [7, 11) is 3.31. The van der Waals surface area contributed by atoms with Gasteiger partial charge in [0.1, 0.15) is 0 Å². The summed E-state index contributed by atoms with van der Waals surface area (Å²) in [5.41, 5.74) is 2.05. The zero-order valence-corrected chi connectivity index (χ0v) is 14.9. The second-order valence-corrected chi connectivity index (χ2v) is 6.38. The fourth-order valence-corrected chi connectivity index (χ4v) is 3.98. The summed E-state index contributed by atoms with van der Waals surface area (Å²) in [6.07, 6.45) is 7.94. The lowest BCUT2D eigenvalue weighted by Gasteiger charge is -2.39. The predicted octanol–water partition coefficient (Wildman–Crippen LogP) is 3.07. The summed E-state index contributed by atoms with van der Waals surface area (Å²) in [5, 5.41) is 4.50. The molecule has 0 spiro atoms. The molecule has 0 bridgehead atoms. The number of benzene rings is 3. The van der Waals surface area contributed by atoms with Crippen LogP contribution in [0.15, 0.2) is 66.7 Å². The fourth-order valence-electron chi connectivity index (χ4n) is 3.98. The third kappa shape index (κ3) is 2.29. The Hall–Kier alpha value is -2.86. The Morgan fingerprint density at radius 1 is 0.885 bits per heavy atom. The summed E-state index contributed by atoms with van der Waals surface area (Å²) >= 11 is 0. The van der Waals surface area contributed by atoms with Crippen molar-refractivity contribution in [1.29, 1.82) is 0 Å². The molecule has 0 aliphatic heterocycles. The molecule has 0 aromatic heterocycles. The van der Waals surface area contributed by atoms with Gasteiger partial charge >= 0.3 is 0 Å². The third-order valence-corrected chi connectivity index (χ3v) is 5.18. The summed E-state index contributed by atoms with van der Waals surface area (Å²) in [4.78, 5) is 0. The molecule has 0 radical (unpaired) electrons. The Bertz CT molecular complexity index is 1130. The molecule has 0 fully saturated rings. The second-order valence-electron chi connectivity index (χ2n) is 6.38. The SMILES string of the molecule is C#CC1C=c2ccccc2=C(c2cccc3ccccc23)C1(OC)OC. The zero-order valence-electron chi connectivity index (χ0n) is 14.9. The molecule has 1 aliphatic rings. The number of hydrogen-bond donors (Lipinski definition) is 0. The van der Waals surface area contributed by atoms with Crippen LogP contribution < -0.4 is 10.4 Å². The van der Waals surface area contributed by atoms with Gasteiger partial charge in [-0.05, 0) is 26.8 Å². The van der Waals surface area contributed by atoms with E-state index in [4.69, 9.17) is 15.9 Å². The molecule has 0 amide bonds. The maximum atomic E-state index is 5.97. The molecule has 1 atom stereocenters. The van der Waals surface area contributed by atoms with E-state index in [0.29, 0.717) is 0 Å². The van der Waals surface area contributed by atoms with Gasteiger partial charge in [0, 0.05) is 19.8 Å². The zero-order chi connectivity index (χ0) is 18.1. The standard InChI is InChI=1S/C24H20O2/c1-4-19-16-18-11-6-8-14-21(18)23(24(19,25-2)26-3)22-15-9-12-17-10-5-7-13-20(17)22/h1,5-16,19H,2-3H3. The van der Waals surface area contributed by atoms with Crippen molar-refractivity contribution in [3.63, 3.8) is 0 Å². The normalized spacial score (nSPS) is 18.0. The molecule has 2 nitrogen and oxygen atoms in total. The largest absolute Gasteiger partial charge is 0.348 e. The van der Waals surface area contributed by atoms with Gasteiger partial charge in [-0.3, -0.25) is 0 Å². The van der Waals surface area contributed by atoms with Crippen LogP contribution in [0.4, 0.5) is 0 Å². The van der Waals surface area contributed by atoms with Gasteiger partial charge in [-0.25, -0.2) is 0 Å². The number of rotatable bonds is 3. The first-order valence-corrected chi connectivity index (χ1v) is 8.61. The number of hydrogen-bond acceptors (Lipinski definition) is 2. The van der Waals surface area contributed by atoms with E-state index in [9.17, 15) is 0 Å². The van der Waals surface area contributed by atoms with Crippen LogP contribution in [-0.4, -0.2) is 20.0 Å². The van der Waals surface area contributed by atoms with Crippen LogP contribution in [0.25, 0.3) is 22.4 Å². The van der Waals surface area contributed by atoms with E-state index in [1.165, 1.54) is 5.39 Å². The van der Waals surface area contributed by atoms with Gasteiger partial charge < -0.3 is 9.47 Å². The third-order valence-electron chi connectivity index (χ3n) is 5.18. The Morgan fingerprint density at radius 2 is 1.58 bits per heavy atom. The van der Waals surface area contributed by atoms with Crippen LogP contribution >= 0.6 is 0 Å². The molecule has 0 heterocycles. The van der Waals surface area contributed by atoms with Crippen molar-refractivity contribution >= 4 is 22.4 Å². The molecule has 3 aromatic rings. The van der Waals surface area contributed by atoms with E-state index < -0.39 is 5.79 Å². The maximum Gasteiger partial charge on any atom is 0.213 e. The topological polar surface area (TPSA) is 18.5 Å². The Kier molecular flexibility index (Phi) is 4.12. The van der Waals surface area contributed by atoms with Gasteiger partial charge in [-0.15, -0.1) is 6.42 Å². The first-order valence-electron chi connectivity index (χ1n) is 8.61. The number of ether oxygens (including phenoxy) is 2. The van der Waals surface area contributed by atoms with Crippen molar-refractivity contribution < 1.29 is 9.47 Å². The van der Waals surface area contributed by atoms with E-state index >= 15 is 0 Å². The molecule has 0 N–H and O–H groups in total. The predicted molar refractivity (Wildman–Crippen MR) is 106 cm³/mol. The van der Waals surface area contributed by atoms with Crippen LogP contribution in [0.2, 0.25) is 0 Å². The summed E-state index contributed by atoms with van der Waals surface area (Å²) in [5.74, 6) is 1.49. The lowest BCUT2D eigenvalue weighted by atomic mass is 9.80. The summed E-state index contributed by atoms with van der Waals surface area (Å²) in [6.45, 7) is 0. The number of fused-ring (bicyclic) bond motifs is 2. The van der Waals surface area contributed by atoms with Gasteiger partial charge in [0.05, 0.1) is 5.92 Å². The quantitative estimate of drug-likeness (QED) is 0.539. The van der Waals surface area contributed by atoms with Crippen LogP contribution in [0.1, 0.15) is 5.56 Å². The first-order chi connectivity index (χ1) is 12.7. The van der Waals surface area contributed by atoms with Gasteiger partial charge in [-0.1, -0.05) is 78.7 Å². The molecule has 4 rings (SSSR count). The summed E-state index contributed by atoms with van der Waals surface area (Å²) in [6, 6.07) is 22.9. The van der Waals surface area contributed by atoms with Crippen molar-refractivity contribution in [3.8, 4) is 12.3 Å².